The average Bonchev–Trinajstić information content (AvgIpc) is 2.80. The maximum atomic E-state index is 13.3. The van der Waals surface area contributed by atoms with Crippen LogP contribution in [0.2, 0.25) is 0 Å². The number of benzene rings is 1. The van der Waals surface area contributed by atoms with Crippen molar-refractivity contribution in [2.24, 2.45) is 0 Å². The fourth-order valence-corrected chi connectivity index (χ4v) is 2.91. The molecule has 2 heterocycles. The minimum atomic E-state index is -4.74. The first-order valence-electron chi connectivity index (χ1n) is 7.23. The number of carbonyl (C=O) groups is 2. The lowest BCUT2D eigenvalue weighted by molar-refractivity contribution is -0.138. The second-order valence-corrected chi connectivity index (χ2v) is 5.62. The number of nitrogen functional groups attached to an aromatic ring is 1. The second kappa shape index (κ2) is 5.61. The average molecular weight is 367 g/mol. The zero-order valence-electron chi connectivity index (χ0n) is 13.5. The van der Waals surface area contributed by atoms with Gasteiger partial charge in [0.15, 0.2) is 0 Å². The number of pyridine rings is 1. The van der Waals surface area contributed by atoms with Crippen LogP contribution >= 0.6 is 0 Å². The van der Waals surface area contributed by atoms with E-state index in [4.69, 9.17) is 10.5 Å². The quantitative estimate of drug-likeness (QED) is 0.786. The molecule has 0 saturated heterocycles. The normalized spacial score (nSPS) is 13.6. The number of nitrogens with two attached hydrogens (primary N) is 1. The molecule has 10 heteroatoms. The number of nitrogens with one attached hydrogen (secondary N) is 1. The van der Waals surface area contributed by atoms with Gasteiger partial charge in [0.2, 0.25) is 0 Å². The highest BCUT2D eigenvalue weighted by atomic mass is 19.4. The summed E-state index contributed by atoms with van der Waals surface area (Å²) >= 11 is 0. The third kappa shape index (κ3) is 2.50. The first kappa shape index (κ1) is 17.5. The number of aryl methyl sites for hydroxylation is 1. The molecule has 0 aliphatic carbocycles. The van der Waals surface area contributed by atoms with Gasteiger partial charge in [-0.05, 0) is 24.6 Å². The Bertz CT molecular complexity index is 1020. The molecule has 2 aromatic rings. The molecule has 3 N–H and O–H groups in total. The molecular weight excluding hydrogens is 355 g/mol. The molecule has 1 aliphatic heterocycles. The first-order chi connectivity index (χ1) is 12.1. The van der Waals surface area contributed by atoms with E-state index in [1.165, 1.54) is 13.0 Å². The van der Waals surface area contributed by atoms with Crippen molar-refractivity contribution in [1.29, 1.82) is 0 Å². The molecule has 0 spiro atoms. The van der Waals surface area contributed by atoms with E-state index in [9.17, 15) is 27.6 Å². The number of imide groups is 1. The van der Waals surface area contributed by atoms with E-state index in [0.717, 1.165) is 17.7 Å². The van der Waals surface area contributed by atoms with Crippen molar-refractivity contribution in [3.05, 3.63) is 50.8 Å². The van der Waals surface area contributed by atoms with E-state index < -0.39 is 34.9 Å². The van der Waals surface area contributed by atoms with Gasteiger partial charge < -0.3 is 10.5 Å². The Morgan fingerprint density at radius 2 is 1.77 bits per heavy atom. The zero-order chi connectivity index (χ0) is 19.4. The molecule has 136 valence electrons. The number of ether oxygens (including phenoxy) is 1. The highest BCUT2D eigenvalue weighted by Gasteiger charge is 2.37. The molecule has 7 nitrogen and oxygen atoms in total. The summed E-state index contributed by atoms with van der Waals surface area (Å²) in [4.78, 5) is 35.9. The number of amides is 2. The van der Waals surface area contributed by atoms with Gasteiger partial charge >= 0.3 is 6.18 Å². The summed E-state index contributed by atoms with van der Waals surface area (Å²) < 4.78 is 45.6. The molecule has 1 aliphatic rings. The number of hydrogen-bond donors (Lipinski definition) is 2. The Balaban J connectivity index is 2.34. The number of halogens is 3. The number of methoxy groups -OCH3 is 1. The molecule has 26 heavy (non-hydrogen) atoms. The van der Waals surface area contributed by atoms with Gasteiger partial charge in [-0.1, -0.05) is 0 Å². The van der Waals surface area contributed by atoms with Gasteiger partial charge in [-0.3, -0.25) is 24.3 Å². The van der Waals surface area contributed by atoms with E-state index in [2.05, 4.69) is 0 Å². The molecule has 3 rings (SSSR count). The van der Waals surface area contributed by atoms with Gasteiger partial charge in [0.25, 0.3) is 17.4 Å². The topological polar surface area (TPSA) is 103 Å². The molecule has 1 aromatic carbocycles. The van der Waals surface area contributed by atoms with Crippen LogP contribution in [0.4, 0.5) is 19.0 Å². The second-order valence-electron chi connectivity index (χ2n) is 5.62. The Morgan fingerprint density at radius 1 is 1.12 bits per heavy atom. The number of fused-ring (bicyclic) bond motifs is 1. The van der Waals surface area contributed by atoms with Gasteiger partial charge in [0.05, 0.1) is 29.5 Å². The van der Waals surface area contributed by atoms with Crippen LogP contribution < -0.4 is 21.3 Å². The Labute approximate surface area is 144 Å². The molecule has 0 radical (unpaired) electrons. The highest BCUT2D eigenvalue weighted by Crippen LogP contribution is 2.39. The number of nitrogens with zero attached hydrogens (tertiary/aromatic N) is 1. The van der Waals surface area contributed by atoms with Crippen molar-refractivity contribution >= 4 is 17.6 Å². The number of rotatable bonds is 2. The van der Waals surface area contributed by atoms with Crippen LogP contribution in [-0.2, 0) is 6.18 Å². The van der Waals surface area contributed by atoms with E-state index in [1.807, 2.05) is 5.32 Å². The highest BCUT2D eigenvalue weighted by molar-refractivity contribution is 6.23. The summed E-state index contributed by atoms with van der Waals surface area (Å²) in [6.07, 6.45) is -4.74. The number of alkyl halides is 3. The largest absolute Gasteiger partial charge is 0.496 e. The zero-order valence-corrected chi connectivity index (χ0v) is 13.5. The van der Waals surface area contributed by atoms with Gasteiger partial charge in [-0.25, -0.2) is 0 Å². The van der Waals surface area contributed by atoms with E-state index >= 15 is 0 Å². The third-order valence-electron chi connectivity index (χ3n) is 3.98. The Kier molecular flexibility index (Phi) is 3.78. The van der Waals surface area contributed by atoms with E-state index in [0.29, 0.717) is 6.07 Å². The predicted molar refractivity (Wildman–Crippen MR) is 84.5 cm³/mol. The smallest absolute Gasteiger partial charge is 0.420 e. The lowest BCUT2D eigenvalue weighted by atomic mass is 10.1. The summed E-state index contributed by atoms with van der Waals surface area (Å²) in [6, 6.07) is 2.83. The first-order valence-corrected chi connectivity index (χ1v) is 7.23. The fraction of sp³-hybridized carbons (Fsp3) is 0.188. The number of aromatic nitrogens is 1. The number of anilines is 1. The summed E-state index contributed by atoms with van der Waals surface area (Å²) in [5, 5.41) is 1.98. The third-order valence-corrected chi connectivity index (χ3v) is 3.98. The van der Waals surface area contributed by atoms with Crippen LogP contribution in [0.5, 0.6) is 5.75 Å². The van der Waals surface area contributed by atoms with Gasteiger partial charge in [-0.2, -0.15) is 13.2 Å². The van der Waals surface area contributed by atoms with Crippen LogP contribution in [0, 0.1) is 6.92 Å². The van der Waals surface area contributed by atoms with Crippen LogP contribution in [0.15, 0.2) is 23.0 Å². The standard InChI is InChI=1S/C16H12F3N3O4/c1-6-3-7(4-9(12(6)26-2)16(17,18)19)22-10(23)5-8-11(13(22)20)15(25)21-14(8)24/h3-5H,20H2,1-2H3,(H,21,24,25). The Morgan fingerprint density at radius 3 is 2.35 bits per heavy atom. The van der Waals surface area contributed by atoms with Crippen LogP contribution in [0.25, 0.3) is 5.69 Å². The lowest BCUT2D eigenvalue weighted by Crippen LogP contribution is -2.24. The summed E-state index contributed by atoms with van der Waals surface area (Å²) in [5.41, 5.74) is 3.35. The molecule has 0 bridgehead atoms. The van der Waals surface area contributed by atoms with Crippen molar-refractivity contribution < 1.29 is 27.5 Å². The van der Waals surface area contributed by atoms with Gasteiger partial charge in [-0.15, -0.1) is 0 Å². The number of hydrogen-bond acceptors (Lipinski definition) is 5. The SMILES string of the molecule is COc1c(C)cc(-n2c(N)c3c(cc2=O)C(=O)NC3=O)cc1C(F)(F)F. The summed E-state index contributed by atoms with van der Waals surface area (Å²) in [5.74, 6) is -2.42. The molecule has 0 unspecified atom stereocenters. The molecule has 0 saturated carbocycles. The van der Waals surface area contributed by atoms with Crippen molar-refractivity contribution in [2.45, 2.75) is 13.1 Å². The van der Waals surface area contributed by atoms with Crippen LogP contribution in [0.3, 0.4) is 0 Å². The van der Waals surface area contributed by atoms with E-state index in [-0.39, 0.29) is 28.1 Å². The van der Waals surface area contributed by atoms with Crippen LogP contribution in [0.1, 0.15) is 31.8 Å². The number of carbonyl (C=O) groups excluding carboxylic acids is 2. The summed E-state index contributed by atoms with van der Waals surface area (Å²) in [6.45, 7) is 1.38. The molecule has 0 fully saturated rings. The molecular formula is C16H12F3N3O4. The summed E-state index contributed by atoms with van der Waals surface area (Å²) in [7, 11) is 1.10. The van der Waals surface area contributed by atoms with Crippen molar-refractivity contribution in [3.8, 4) is 11.4 Å². The maximum Gasteiger partial charge on any atom is 0.420 e. The molecule has 1 aromatic heterocycles. The molecule has 0 atom stereocenters. The molecule has 2 amide bonds. The Hall–Kier alpha value is -3.30. The van der Waals surface area contributed by atoms with Gasteiger partial charge in [0, 0.05) is 6.07 Å². The predicted octanol–water partition coefficient (Wildman–Crippen LogP) is 1.64. The van der Waals surface area contributed by atoms with Crippen molar-refractivity contribution in [1.82, 2.24) is 9.88 Å². The maximum absolute atomic E-state index is 13.3. The van der Waals surface area contributed by atoms with Crippen LogP contribution in [-0.4, -0.2) is 23.5 Å². The van der Waals surface area contributed by atoms with Crippen molar-refractivity contribution in [3.63, 3.8) is 0 Å². The van der Waals surface area contributed by atoms with Crippen molar-refractivity contribution in [2.75, 3.05) is 12.8 Å². The minimum Gasteiger partial charge on any atom is -0.496 e. The fourth-order valence-electron chi connectivity index (χ4n) is 2.91. The minimum absolute atomic E-state index is 0.115. The van der Waals surface area contributed by atoms with Gasteiger partial charge in [0.1, 0.15) is 11.6 Å². The monoisotopic (exact) mass is 367 g/mol. The van der Waals surface area contributed by atoms with E-state index in [1.54, 1.807) is 0 Å². The lowest BCUT2D eigenvalue weighted by Gasteiger charge is -2.18.